The van der Waals surface area contributed by atoms with Crippen LogP contribution in [0.2, 0.25) is 0 Å². The maximum atomic E-state index is 8.33. The second-order valence-electron chi connectivity index (χ2n) is 0.250. The first kappa shape index (κ1) is 9.43. The zero-order valence-corrected chi connectivity index (χ0v) is 4.10. The molecule has 0 spiro atoms. The van der Waals surface area contributed by atoms with Gasteiger partial charge in [0, 0.05) is 0 Å². The van der Waals surface area contributed by atoms with Gasteiger partial charge in [-0.2, -0.15) is 0 Å². The van der Waals surface area contributed by atoms with Gasteiger partial charge in [-0.3, -0.25) is 0 Å². The molecule has 0 rings (SSSR count). The molecule has 0 unspecified atom stereocenters. The molecule has 0 fully saturated rings. The Morgan fingerprint density at radius 2 is 1.50 bits per heavy atom. The maximum absolute atomic E-state index is 8.33. The van der Waals surface area contributed by atoms with Gasteiger partial charge in [0.1, 0.15) is 0 Å². The van der Waals surface area contributed by atoms with Crippen LogP contribution < -0.4 is 10.2 Å². The van der Waals surface area contributed by atoms with Gasteiger partial charge in [-0.15, -0.1) is 0 Å². The SMILES string of the molecule is O=C([O-])[O-].[Cl][Cu+2]. The Morgan fingerprint density at radius 3 is 1.50 bits per heavy atom. The molecular weight excluding hydrogens is 159 g/mol. The van der Waals surface area contributed by atoms with Crippen LogP contribution in [0.3, 0.4) is 0 Å². The molecule has 5 heteroatoms. The molecule has 0 saturated heterocycles. The molecule has 40 valence electrons. The Kier molecular flexibility index (Phi) is 14.0. The summed E-state index contributed by atoms with van der Waals surface area (Å²) in [5.41, 5.74) is 0. The normalized spacial score (nSPS) is 5.17. The number of carbonyl (C=O) groups is 1. The molecule has 0 aromatic carbocycles. The molecule has 0 N–H and O–H groups in total. The first-order valence-electron chi connectivity index (χ1n) is 0.726. The summed E-state index contributed by atoms with van der Waals surface area (Å²) in [4.78, 5) is 8.33. The van der Waals surface area contributed by atoms with Crippen molar-refractivity contribution in [2.24, 2.45) is 0 Å². The minimum absolute atomic E-state index is 2.33. The van der Waals surface area contributed by atoms with Crippen LogP contribution in [0, 0.1) is 0 Å². The molecule has 0 amide bonds. The zero-order valence-electron chi connectivity index (χ0n) is 2.40. The van der Waals surface area contributed by atoms with E-state index in [4.69, 9.17) is 15.0 Å². The summed E-state index contributed by atoms with van der Waals surface area (Å²) in [5.74, 6) is 0. The van der Waals surface area contributed by atoms with Gasteiger partial charge in [0.05, 0.1) is 0 Å². The van der Waals surface area contributed by atoms with Crippen LogP contribution in [0.15, 0.2) is 0 Å². The van der Waals surface area contributed by atoms with Crippen molar-refractivity contribution in [2.75, 3.05) is 0 Å². The van der Waals surface area contributed by atoms with Crippen LogP contribution >= 0.6 is 10.1 Å². The Balaban J connectivity index is 0. The molecule has 3 nitrogen and oxygen atoms in total. The molecule has 0 radical (unpaired) electrons. The van der Waals surface area contributed by atoms with E-state index >= 15 is 0 Å². The predicted octanol–water partition coefficient (Wildman–Crippen LogP) is -1.76. The fourth-order valence-corrected chi connectivity index (χ4v) is 0. The van der Waals surface area contributed by atoms with Crippen molar-refractivity contribution in [3.8, 4) is 0 Å². The fourth-order valence-electron chi connectivity index (χ4n) is 0. The van der Waals surface area contributed by atoms with Crippen molar-refractivity contribution in [1.82, 2.24) is 0 Å². The molecular formula is CClCuO3. The third kappa shape index (κ3) is 6120. The van der Waals surface area contributed by atoms with Crippen molar-refractivity contribution in [1.29, 1.82) is 0 Å². The molecule has 0 saturated carbocycles. The van der Waals surface area contributed by atoms with Crippen LogP contribution in [-0.2, 0) is 15.1 Å². The van der Waals surface area contributed by atoms with Gasteiger partial charge < -0.3 is 15.0 Å². The molecule has 0 bridgehead atoms. The van der Waals surface area contributed by atoms with E-state index in [9.17, 15) is 0 Å². The molecule has 0 aromatic rings. The predicted molar refractivity (Wildman–Crippen MR) is 11.2 cm³/mol. The van der Waals surface area contributed by atoms with Crippen LogP contribution in [0.4, 0.5) is 4.79 Å². The average Bonchev–Trinajstić information content (AvgIpc) is 1.41. The first-order chi connectivity index (χ1) is 2.73. The molecule has 0 aromatic heterocycles. The van der Waals surface area contributed by atoms with Gasteiger partial charge in [0.15, 0.2) is 0 Å². The summed E-state index contributed by atoms with van der Waals surface area (Å²) < 4.78 is 0. The standard InChI is InChI=1S/CH2O3.ClH.Cu/c2-1(3)4;;/h(H2,2,3,4);1H;/q;;+3/p-3. The van der Waals surface area contributed by atoms with E-state index in [0.29, 0.717) is 0 Å². The Hall–Kier alpha value is 0.0795. The quantitative estimate of drug-likeness (QED) is 0.393. The van der Waals surface area contributed by atoms with E-state index < -0.39 is 6.16 Å². The molecule has 0 aliphatic rings. The topological polar surface area (TPSA) is 63.2 Å². The van der Waals surface area contributed by atoms with E-state index in [1.165, 1.54) is 0 Å². The summed E-state index contributed by atoms with van der Waals surface area (Å²) in [6.45, 7) is 0. The van der Waals surface area contributed by atoms with Gasteiger partial charge in [-0.25, -0.2) is 0 Å². The van der Waals surface area contributed by atoms with E-state index in [0.717, 1.165) is 0 Å². The van der Waals surface area contributed by atoms with Crippen LogP contribution in [0.1, 0.15) is 0 Å². The van der Waals surface area contributed by atoms with Crippen LogP contribution in [0.25, 0.3) is 0 Å². The summed E-state index contributed by atoms with van der Waals surface area (Å²) in [7, 11) is 4.20. The second kappa shape index (κ2) is 8.91. The minimum atomic E-state index is -2.33. The monoisotopic (exact) mass is 158 g/mol. The molecule has 0 aliphatic carbocycles. The van der Waals surface area contributed by atoms with Gasteiger partial charge in [0.25, 0.3) is 0 Å². The second-order valence-corrected chi connectivity index (χ2v) is 0.250. The number of hydrogen-bond donors (Lipinski definition) is 0. The van der Waals surface area contributed by atoms with Gasteiger partial charge in [-0.1, -0.05) is 0 Å². The summed E-state index contributed by atoms with van der Waals surface area (Å²) in [6.07, 6.45) is -2.33. The Bertz CT molecular complexity index is 33.8. The first-order valence-corrected chi connectivity index (χ1v) is 2.02. The van der Waals surface area contributed by atoms with E-state index in [2.05, 4.69) is 25.2 Å². The third-order valence-corrected chi connectivity index (χ3v) is 0. The molecule has 0 atom stereocenters. The van der Waals surface area contributed by atoms with Crippen molar-refractivity contribution < 1.29 is 30.1 Å². The van der Waals surface area contributed by atoms with Gasteiger partial charge in [-0.05, 0) is 6.16 Å². The van der Waals surface area contributed by atoms with Gasteiger partial charge >= 0.3 is 25.2 Å². The average molecular weight is 159 g/mol. The zero-order chi connectivity index (χ0) is 5.58. The number of hydrogen-bond acceptors (Lipinski definition) is 3. The number of rotatable bonds is 0. The Labute approximate surface area is 47.0 Å². The number of carboxylic acid groups (broad SMARTS) is 2. The summed E-state index contributed by atoms with van der Waals surface area (Å²) in [6, 6.07) is 0. The number of carbonyl (C=O) groups excluding carboxylic acids is 1. The molecule has 0 aliphatic heterocycles. The molecule has 0 heterocycles. The van der Waals surface area contributed by atoms with Crippen molar-refractivity contribution in [3.63, 3.8) is 0 Å². The fraction of sp³-hybridized carbons (Fsp3) is 0. The van der Waals surface area contributed by atoms with Crippen LogP contribution in [-0.4, -0.2) is 6.16 Å². The van der Waals surface area contributed by atoms with Crippen molar-refractivity contribution in [3.05, 3.63) is 0 Å². The summed E-state index contributed by atoms with van der Waals surface area (Å²) in [5, 5.41) is 16.7. The van der Waals surface area contributed by atoms with Crippen molar-refractivity contribution >= 4 is 16.3 Å². The van der Waals surface area contributed by atoms with E-state index in [1.807, 2.05) is 0 Å². The van der Waals surface area contributed by atoms with E-state index in [-0.39, 0.29) is 0 Å². The summed E-state index contributed by atoms with van der Waals surface area (Å²) >= 11 is 3.66. The van der Waals surface area contributed by atoms with Gasteiger partial charge in [0.2, 0.25) is 0 Å². The van der Waals surface area contributed by atoms with Crippen molar-refractivity contribution in [2.45, 2.75) is 0 Å². The third-order valence-electron chi connectivity index (χ3n) is 0. The van der Waals surface area contributed by atoms with Crippen LogP contribution in [0.5, 0.6) is 0 Å². The van der Waals surface area contributed by atoms with E-state index in [1.54, 1.807) is 0 Å². The Morgan fingerprint density at radius 1 is 1.50 bits per heavy atom. The molecule has 6 heavy (non-hydrogen) atoms. The number of halogens is 1.